The first kappa shape index (κ1) is 33.5. The molecule has 49 heavy (non-hydrogen) atoms. The van der Waals surface area contributed by atoms with E-state index in [1.54, 1.807) is 36.4 Å². The predicted octanol–water partition coefficient (Wildman–Crippen LogP) is 9.30. The first-order valence-electron chi connectivity index (χ1n) is 18.3. The zero-order chi connectivity index (χ0) is 46.7. The fourth-order valence-corrected chi connectivity index (χ4v) is 3.98. The summed E-state index contributed by atoms with van der Waals surface area (Å²) in [6.07, 6.45) is -8.66. The Morgan fingerprint density at radius 3 is 1.71 bits per heavy atom. The molecule has 0 saturated carbocycles. The van der Waals surface area contributed by atoms with E-state index in [4.69, 9.17) is 71.4 Å². The number of ketones is 3. The average Bonchev–Trinajstić information content (AvgIpc) is 3.10. The largest absolute Gasteiger partial charge is 0.643 e. The maximum absolute atomic E-state index is 11.5. The summed E-state index contributed by atoms with van der Waals surface area (Å²) in [4.78, 5) is 43.2. The molecule has 1 aliphatic rings. The van der Waals surface area contributed by atoms with E-state index in [1.807, 2.05) is 0 Å². The number of alkyl halides is 3. The number of Topliss-reactive ketones (excluding diaryl/α,β-unsaturated/α-hetero) is 3. The summed E-state index contributed by atoms with van der Waals surface area (Å²) in [5, 5.41) is 24.4. The first-order valence-corrected chi connectivity index (χ1v) is 22.0. The molecular weight excluding hydrogens is 931 g/mol. The second-order valence-electron chi connectivity index (χ2n) is 8.67. The molecule has 0 radical (unpaired) electrons. The van der Waals surface area contributed by atoms with Gasteiger partial charge in [0, 0.05) is 73.7 Å². The van der Waals surface area contributed by atoms with Crippen LogP contribution in [-0.2, 0) is 38.4 Å². The molecule has 8 nitrogen and oxygen atoms in total. The normalized spacial score (nSPS) is 16.5. The first-order chi connectivity index (χ1) is 26.7. The molecule has 0 unspecified atom stereocenters. The van der Waals surface area contributed by atoms with Crippen LogP contribution in [0, 0.1) is 0 Å². The molecule has 0 saturated heterocycles. The SMILES string of the molecule is Nc1ccc(O)cc1.[2H]C([2H])(Br)CC(=O)Cc1ccc(O)cc1.[2H]C([2H])(CBr)C(=O)Cl.[2H]C([2H])(CBr)C(C)=O.[2H]C1([2H])C(=O)Cc2ccc(O)cc2C1([2H])[2H].[Cl][Al]([Cl])[Cl]. The van der Waals surface area contributed by atoms with Crippen LogP contribution in [0.15, 0.2) is 66.7 Å². The van der Waals surface area contributed by atoms with E-state index in [-0.39, 0.29) is 58.5 Å². The molecule has 0 heterocycles. The Hall–Kier alpha value is -1.33. The molecule has 0 fully saturated rings. The number of hydrogen-bond donors (Lipinski definition) is 4. The van der Waals surface area contributed by atoms with Crippen LogP contribution in [0.5, 0.6) is 17.2 Å². The number of nitrogens with two attached hydrogens (primary N) is 1. The minimum atomic E-state index is -2.55. The van der Waals surface area contributed by atoms with Gasteiger partial charge in [-0.25, -0.2) is 30.1 Å². The minimum Gasteiger partial charge on any atom is -0.508 e. The van der Waals surface area contributed by atoms with E-state index < -0.39 is 59.0 Å². The summed E-state index contributed by atoms with van der Waals surface area (Å²) >= 11 is 11.5. The molecule has 0 aliphatic heterocycles. The maximum Gasteiger partial charge on any atom is 0.643 e. The van der Waals surface area contributed by atoms with Crippen LogP contribution in [0.1, 0.15) is 62.9 Å². The molecule has 16 heteroatoms. The Morgan fingerprint density at radius 2 is 1.33 bits per heavy atom. The van der Waals surface area contributed by atoms with Crippen molar-refractivity contribution < 1.29 is 48.2 Å². The van der Waals surface area contributed by atoms with Crippen molar-refractivity contribution in [3.8, 4) is 17.2 Å². The summed E-state index contributed by atoms with van der Waals surface area (Å²) in [7, 11) is 14.8. The number of nitrogen functional groups attached to an aromatic ring is 1. The van der Waals surface area contributed by atoms with Gasteiger partial charge in [0.05, 0.1) is 0 Å². The van der Waals surface area contributed by atoms with E-state index in [0.29, 0.717) is 11.3 Å². The van der Waals surface area contributed by atoms with Crippen molar-refractivity contribution in [2.75, 3.05) is 21.7 Å². The Kier molecular flexibility index (Phi) is 21.5. The van der Waals surface area contributed by atoms with Crippen molar-refractivity contribution in [2.24, 2.45) is 0 Å². The topological polar surface area (TPSA) is 155 Å². The number of phenols is 3. The lowest BCUT2D eigenvalue weighted by atomic mass is 9.91. The number of carbonyl (C=O) groups excluding carboxylic acids is 4. The van der Waals surface area contributed by atoms with Gasteiger partial charge in [-0.3, -0.25) is 19.2 Å². The van der Waals surface area contributed by atoms with Crippen molar-refractivity contribution >= 4 is 129 Å². The highest BCUT2D eigenvalue weighted by Crippen LogP contribution is 2.23. The number of carbonyl (C=O) groups is 4. The van der Waals surface area contributed by atoms with E-state index in [0.717, 1.165) is 5.56 Å². The number of aryl methyl sites for hydroxylation is 1. The lowest BCUT2D eigenvalue weighted by molar-refractivity contribution is -0.119. The Balaban J connectivity index is 0. The third-order valence-electron chi connectivity index (χ3n) is 4.80. The summed E-state index contributed by atoms with van der Waals surface area (Å²) in [5.41, 5.74) is 7.24. The van der Waals surface area contributed by atoms with Gasteiger partial charge < -0.3 is 21.1 Å². The Morgan fingerprint density at radius 1 is 0.837 bits per heavy atom. The van der Waals surface area contributed by atoms with Gasteiger partial charge in [0.1, 0.15) is 34.6 Å². The average molecular weight is 980 g/mol. The zero-order valence-electron chi connectivity index (χ0n) is 35.7. The molecule has 5 N–H and O–H groups in total. The van der Waals surface area contributed by atoms with Gasteiger partial charge >= 0.3 is 11.4 Å². The molecule has 3 aromatic rings. The molecule has 270 valence electrons. The second kappa shape index (κ2) is 31.4. The smallest absolute Gasteiger partial charge is 0.508 e. The zero-order valence-corrected chi connectivity index (χ0v) is 34.6. The van der Waals surface area contributed by atoms with Crippen LogP contribution >= 0.6 is 89.5 Å². The quantitative estimate of drug-likeness (QED) is 0.0573. The summed E-state index contributed by atoms with van der Waals surface area (Å²) in [5.74, 6) is -1.11. The minimum absolute atomic E-state index is 0.0529. The summed E-state index contributed by atoms with van der Waals surface area (Å²) in [6.45, 7) is 1.24. The molecule has 0 amide bonds. The van der Waals surface area contributed by atoms with Gasteiger partial charge in [-0.05, 0) is 90.1 Å². The predicted molar refractivity (Wildman–Crippen MR) is 215 cm³/mol. The third-order valence-corrected chi connectivity index (χ3v) is 5.77. The highest BCUT2D eigenvalue weighted by molar-refractivity contribution is 9.09. The molecule has 0 bridgehead atoms. The molecular formula is C33H39AlBr3Cl4NO7. The molecule has 1 aliphatic carbocycles. The van der Waals surface area contributed by atoms with Crippen LogP contribution in [0.25, 0.3) is 0 Å². The van der Waals surface area contributed by atoms with Gasteiger partial charge in [-0.15, -0.1) is 0 Å². The number of aromatic hydroxyl groups is 3. The van der Waals surface area contributed by atoms with Gasteiger partial charge in [-0.2, -0.15) is 0 Å². The lowest BCUT2D eigenvalue weighted by Crippen LogP contribution is -2.12. The van der Waals surface area contributed by atoms with Gasteiger partial charge in [-0.1, -0.05) is 66.0 Å². The molecule has 0 spiro atoms. The van der Waals surface area contributed by atoms with Gasteiger partial charge in [0.15, 0.2) is 0 Å². The van der Waals surface area contributed by atoms with E-state index >= 15 is 0 Å². The van der Waals surface area contributed by atoms with E-state index in [2.05, 4.69) is 47.8 Å². The van der Waals surface area contributed by atoms with Gasteiger partial charge in [0.25, 0.3) is 0 Å². The number of fused-ring (bicyclic) bond motifs is 1. The van der Waals surface area contributed by atoms with Crippen molar-refractivity contribution in [1.82, 2.24) is 0 Å². The Bertz CT molecular complexity index is 1770. The highest BCUT2D eigenvalue weighted by Gasteiger charge is 2.15. The number of hydrogen-bond acceptors (Lipinski definition) is 8. The highest BCUT2D eigenvalue weighted by atomic mass is 79.9. The van der Waals surface area contributed by atoms with Gasteiger partial charge in [0.2, 0.25) is 5.24 Å². The summed E-state index contributed by atoms with van der Waals surface area (Å²) < 4.78 is 72.1. The van der Waals surface area contributed by atoms with E-state index in [9.17, 15) is 24.3 Å². The van der Waals surface area contributed by atoms with Crippen LogP contribution in [0.4, 0.5) is 5.69 Å². The third kappa shape index (κ3) is 32.3. The lowest BCUT2D eigenvalue weighted by Gasteiger charge is -2.14. The molecule has 0 aromatic heterocycles. The molecule has 0 atom stereocenters. The standard InChI is InChI=1S/C10H11BrO2.C10H10O2.C6H7NO.C4H7BrO.C3H4BrClO.Al.3ClH/c11-6-5-10(13)7-8-1-3-9(12)4-2-8;11-9-3-1-7-5-10(12)4-2-8(7)6-9;7-5-1-3-6(8)4-2-5;1-4(6)2-3-5;4-2-1-3(5)6;;;;/h1-4,12H,5-7H2;1,3,6,11H,2,4-5H2;1-4,8H,7H2;2-3H2,1H3;1-2H2;;3*1H/q;;;;;+3;;;/p-3/i6D2;2D2,4D2;;2D2;1D2;;;;. The van der Waals surface area contributed by atoms with Crippen molar-refractivity contribution in [3.63, 3.8) is 0 Å². The number of rotatable bonds is 8. The van der Waals surface area contributed by atoms with Crippen LogP contribution in [-0.4, -0.2) is 65.2 Å². The number of anilines is 1. The maximum atomic E-state index is 11.5. The van der Waals surface area contributed by atoms with Crippen LogP contribution in [0.2, 0.25) is 0 Å². The van der Waals surface area contributed by atoms with Crippen LogP contribution < -0.4 is 5.73 Å². The van der Waals surface area contributed by atoms with E-state index in [1.165, 1.54) is 37.3 Å². The number of phenolic OH excluding ortho intramolecular Hbond substituents is 3. The second-order valence-corrected chi connectivity index (χ2v) is 17.1. The molecule has 4 rings (SSSR count). The fraction of sp³-hybridized carbons (Fsp3) is 0.333. The van der Waals surface area contributed by atoms with Crippen molar-refractivity contribution in [3.05, 3.63) is 83.4 Å². The Labute approximate surface area is 349 Å². The molecule has 3 aromatic carbocycles. The number of benzene rings is 3. The summed E-state index contributed by atoms with van der Waals surface area (Å²) in [6, 6.07) is 16.7. The van der Waals surface area contributed by atoms with Crippen LogP contribution in [0.3, 0.4) is 0 Å². The van der Waals surface area contributed by atoms with Crippen molar-refractivity contribution in [2.45, 2.75) is 51.7 Å². The van der Waals surface area contributed by atoms with Crippen molar-refractivity contribution in [1.29, 1.82) is 0 Å². The number of halogens is 7. The fourth-order valence-electron chi connectivity index (χ4n) is 2.79. The monoisotopic (exact) mass is 975 g/mol.